The van der Waals surface area contributed by atoms with Gasteiger partial charge in [-0.05, 0) is 62.2 Å². The first-order chi connectivity index (χ1) is 14.2. The highest BCUT2D eigenvalue weighted by Gasteiger charge is 2.28. The fraction of sp³-hybridized carbons (Fsp3) is 0.174. The molecule has 0 radical (unpaired) electrons. The molecule has 30 heavy (non-hydrogen) atoms. The Morgan fingerprint density at radius 2 is 1.60 bits per heavy atom. The molecule has 0 spiro atoms. The second-order valence-corrected chi connectivity index (χ2v) is 9.42. The third-order valence-electron chi connectivity index (χ3n) is 4.75. The van der Waals surface area contributed by atoms with E-state index in [0.717, 1.165) is 21.0 Å². The molecule has 0 aliphatic carbocycles. The van der Waals surface area contributed by atoms with Gasteiger partial charge < -0.3 is 5.32 Å². The maximum absolute atomic E-state index is 13.4. The zero-order valence-electron chi connectivity index (χ0n) is 17.0. The van der Waals surface area contributed by atoms with Crippen LogP contribution in [0.15, 0.2) is 71.6 Å². The summed E-state index contributed by atoms with van der Waals surface area (Å²) in [5.41, 5.74) is 3.53. The number of nitrogens with zero attached hydrogens (tertiary/aromatic N) is 1. The van der Waals surface area contributed by atoms with Crippen LogP contribution in [-0.2, 0) is 14.8 Å². The number of carbonyl (C=O) groups is 1. The van der Waals surface area contributed by atoms with Crippen LogP contribution in [0, 0.1) is 20.8 Å². The maximum atomic E-state index is 13.4. The summed E-state index contributed by atoms with van der Waals surface area (Å²) < 4.78 is 28.0. The first-order valence-corrected chi connectivity index (χ1v) is 11.2. The van der Waals surface area contributed by atoms with Gasteiger partial charge >= 0.3 is 0 Å². The molecule has 156 valence electrons. The highest BCUT2D eigenvalue weighted by molar-refractivity contribution is 7.92. The van der Waals surface area contributed by atoms with Crippen molar-refractivity contribution in [3.63, 3.8) is 0 Å². The van der Waals surface area contributed by atoms with E-state index in [2.05, 4.69) is 5.32 Å². The lowest BCUT2D eigenvalue weighted by molar-refractivity contribution is -0.114. The van der Waals surface area contributed by atoms with Crippen molar-refractivity contribution in [2.24, 2.45) is 0 Å². The Hall–Kier alpha value is -2.83. The molecular weight excluding hydrogens is 420 g/mol. The fourth-order valence-corrected chi connectivity index (χ4v) is 4.69. The van der Waals surface area contributed by atoms with Crippen molar-refractivity contribution in [2.75, 3.05) is 16.2 Å². The first kappa shape index (κ1) is 21.9. The summed E-state index contributed by atoms with van der Waals surface area (Å²) in [4.78, 5) is 13.0. The van der Waals surface area contributed by atoms with E-state index in [9.17, 15) is 13.2 Å². The quantitative estimate of drug-likeness (QED) is 0.577. The second-order valence-electron chi connectivity index (χ2n) is 7.12. The predicted molar refractivity (Wildman–Crippen MR) is 122 cm³/mol. The molecule has 7 heteroatoms. The van der Waals surface area contributed by atoms with Gasteiger partial charge in [-0.3, -0.25) is 9.10 Å². The monoisotopic (exact) mass is 442 g/mol. The molecule has 0 aliphatic rings. The number of para-hydroxylation sites is 1. The van der Waals surface area contributed by atoms with Gasteiger partial charge in [0, 0.05) is 10.7 Å². The van der Waals surface area contributed by atoms with E-state index in [0.29, 0.717) is 16.4 Å². The van der Waals surface area contributed by atoms with Gasteiger partial charge in [-0.1, -0.05) is 53.6 Å². The summed E-state index contributed by atoms with van der Waals surface area (Å²) >= 11 is 6.03. The molecule has 0 saturated heterocycles. The topological polar surface area (TPSA) is 66.5 Å². The number of carbonyl (C=O) groups excluding carboxylic acids is 1. The van der Waals surface area contributed by atoms with Crippen molar-refractivity contribution in [2.45, 2.75) is 25.7 Å². The van der Waals surface area contributed by atoms with E-state index in [-0.39, 0.29) is 11.4 Å². The smallest absolute Gasteiger partial charge is 0.264 e. The van der Waals surface area contributed by atoms with E-state index in [1.165, 1.54) is 0 Å². The molecule has 0 atom stereocenters. The van der Waals surface area contributed by atoms with Crippen LogP contribution in [0.5, 0.6) is 0 Å². The van der Waals surface area contributed by atoms with E-state index >= 15 is 0 Å². The molecule has 0 heterocycles. The summed E-state index contributed by atoms with van der Waals surface area (Å²) in [6, 6.07) is 18.8. The molecule has 3 rings (SSSR count). The Morgan fingerprint density at radius 3 is 2.27 bits per heavy atom. The summed E-state index contributed by atoms with van der Waals surface area (Å²) in [6.07, 6.45) is 0. The molecule has 1 N–H and O–H groups in total. The van der Waals surface area contributed by atoms with Crippen molar-refractivity contribution < 1.29 is 13.2 Å². The second kappa shape index (κ2) is 8.90. The minimum absolute atomic E-state index is 0.128. The van der Waals surface area contributed by atoms with Crippen molar-refractivity contribution in [3.05, 3.63) is 88.4 Å². The van der Waals surface area contributed by atoms with Gasteiger partial charge in [0.2, 0.25) is 5.91 Å². The van der Waals surface area contributed by atoms with E-state index in [1.54, 1.807) is 54.6 Å². The third-order valence-corrected chi connectivity index (χ3v) is 6.76. The molecule has 0 bridgehead atoms. The number of rotatable bonds is 6. The predicted octanol–water partition coefficient (Wildman–Crippen LogP) is 5.10. The number of benzene rings is 3. The number of hydrogen-bond donors (Lipinski definition) is 1. The molecular formula is C23H23ClN2O3S. The number of hydrogen-bond acceptors (Lipinski definition) is 3. The fourth-order valence-electron chi connectivity index (χ4n) is 3.03. The standard InChI is InChI=1S/C23H23ClN2O3S/c1-16-8-12-20(13-9-16)30(28,29)26(22-7-5-4-6-18(22)3)15-23(27)25-21-14-19(24)11-10-17(21)2/h4-14H,15H2,1-3H3,(H,25,27). The van der Waals surface area contributed by atoms with Crippen LogP contribution < -0.4 is 9.62 Å². The number of sulfonamides is 1. The Labute approximate surface area is 182 Å². The van der Waals surface area contributed by atoms with Crippen LogP contribution in [0.2, 0.25) is 5.02 Å². The Morgan fingerprint density at radius 1 is 0.933 bits per heavy atom. The van der Waals surface area contributed by atoms with E-state index in [4.69, 9.17) is 11.6 Å². The van der Waals surface area contributed by atoms with E-state index < -0.39 is 15.9 Å². The van der Waals surface area contributed by atoms with Crippen LogP contribution in [0.25, 0.3) is 0 Å². The zero-order valence-corrected chi connectivity index (χ0v) is 18.6. The Kier molecular flexibility index (Phi) is 6.48. The lowest BCUT2D eigenvalue weighted by Crippen LogP contribution is -2.38. The lowest BCUT2D eigenvalue weighted by Gasteiger charge is -2.25. The third kappa shape index (κ3) is 4.83. The normalized spacial score (nSPS) is 11.2. The lowest BCUT2D eigenvalue weighted by atomic mass is 10.2. The van der Waals surface area contributed by atoms with Crippen molar-refractivity contribution >= 4 is 38.9 Å². The first-order valence-electron chi connectivity index (χ1n) is 9.39. The van der Waals surface area contributed by atoms with Gasteiger partial charge in [0.1, 0.15) is 6.54 Å². The van der Waals surface area contributed by atoms with Crippen molar-refractivity contribution in [1.29, 1.82) is 0 Å². The van der Waals surface area contributed by atoms with Crippen LogP contribution >= 0.6 is 11.6 Å². The average molecular weight is 443 g/mol. The summed E-state index contributed by atoms with van der Waals surface area (Å²) in [5.74, 6) is -0.459. The van der Waals surface area contributed by atoms with Crippen LogP contribution in [0.4, 0.5) is 11.4 Å². The van der Waals surface area contributed by atoms with Gasteiger partial charge in [0.25, 0.3) is 10.0 Å². The average Bonchev–Trinajstić information content (AvgIpc) is 2.70. The van der Waals surface area contributed by atoms with Gasteiger partial charge in [0.05, 0.1) is 10.6 Å². The minimum Gasteiger partial charge on any atom is -0.324 e. The number of halogens is 1. The van der Waals surface area contributed by atoms with Crippen LogP contribution in [-0.4, -0.2) is 20.9 Å². The highest BCUT2D eigenvalue weighted by atomic mass is 35.5. The molecule has 0 unspecified atom stereocenters. The maximum Gasteiger partial charge on any atom is 0.264 e. The number of anilines is 2. The van der Waals surface area contributed by atoms with Gasteiger partial charge in [0.15, 0.2) is 0 Å². The van der Waals surface area contributed by atoms with Crippen LogP contribution in [0.1, 0.15) is 16.7 Å². The molecule has 0 aliphatic heterocycles. The van der Waals surface area contributed by atoms with Gasteiger partial charge in [-0.2, -0.15) is 0 Å². The van der Waals surface area contributed by atoms with E-state index in [1.807, 2.05) is 32.9 Å². The Bertz CT molecular complexity index is 1180. The summed E-state index contributed by atoms with van der Waals surface area (Å²) in [6.45, 7) is 5.17. The van der Waals surface area contributed by atoms with Crippen molar-refractivity contribution in [3.8, 4) is 0 Å². The summed E-state index contributed by atoms with van der Waals surface area (Å²) in [7, 11) is -3.95. The minimum atomic E-state index is -3.95. The molecule has 3 aromatic rings. The molecule has 0 saturated carbocycles. The van der Waals surface area contributed by atoms with Crippen molar-refractivity contribution in [1.82, 2.24) is 0 Å². The summed E-state index contributed by atoms with van der Waals surface area (Å²) in [5, 5.41) is 3.26. The van der Waals surface area contributed by atoms with Crippen LogP contribution in [0.3, 0.4) is 0 Å². The number of nitrogens with one attached hydrogen (secondary N) is 1. The molecule has 1 amide bonds. The largest absolute Gasteiger partial charge is 0.324 e. The number of amides is 1. The molecule has 0 aromatic heterocycles. The zero-order chi connectivity index (χ0) is 21.9. The van der Waals surface area contributed by atoms with Gasteiger partial charge in [-0.15, -0.1) is 0 Å². The highest BCUT2D eigenvalue weighted by Crippen LogP contribution is 2.27. The molecule has 3 aromatic carbocycles. The Balaban J connectivity index is 1.98. The van der Waals surface area contributed by atoms with Gasteiger partial charge in [-0.25, -0.2) is 8.42 Å². The molecule has 0 fully saturated rings. The number of aryl methyl sites for hydroxylation is 3. The SMILES string of the molecule is Cc1ccc(S(=O)(=O)N(CC(=O)Nc2cc(Cl)ccc2C)c2ccccc2C)cc1. The molecule has 5 nitrogen and oxygen atoms in total.